The molecule has 1 aromatic carbocycles. The van der Waals surface area contributed by atoms with Crippen molar-refractivity contribution < 1.29 is 0 Å². The first-order valence-electron chi connectivity index (χ1n) is 6.63. The van der Waals surface area contributed by atoms with E-state index in [1.165, 1.54) is 5.56 Å². The molecule has 0 spiro atoms. The highest BCUT2D eigenvalue weighted by molar-refractivity contribution is 9.10. The average Bonchev–Trinajstić information content (AvgIpc) is 2.75. The van der Waals surface area contributed by atoms with E-state index in [4.69, 9.17) is 0 Å². The molecule has 2 rings (SSSR count). The van der Waals surface area contributed by atoms with Crippen LogP contribution in [-0.2, 0) is 19.9 Å². The highest BCUT2D eigenvalue weighted by Gasteiger charge is 2.11. The van der Waals surface area contributed by atoms with Gasteiger partial charge in [0.25, 0.3) is 0 Å². The predicted octanol–water partition coefficient (Wildman–Crippen LogP) is 2.95. The molecule has 1 heterocycles. The molecular weight excluding hydrogens is 302 g/mol. The number of aromatic nitrogens is 2. The Morgan fingerprint density at radius 3 is 2.79 bits per heavy atom. The van der Waals surface area contributed by atoms with Crippen molar-refractivity contribution in [1.29, 1.82) is 0 Å². The van der Waals surface area contributed by atoms with Crippen LogP contribution in [0.15, 0.2) is 41.0 Å². The van der Waals surface area contributed by atoms with Crippen LogP contribution in [0.5, 0.6) is 0 Å². The van der Waals surface area contributed by atoms with Gasteiger partial charge in [0.05, 0.1) is 5.69 Å². The Hall–Kier alpha value is -1.13. The van der Waals surface area contributed by atoms with Crippen molar-refractivity contribution in [3.05, 3.63) is 52.3 Å². The lowest BCUT2D eigenvalue weighted by molar-refractivity contribution is 0.513. The maximum Gasteiger partial charge on any atom is 0.0640 e. The Kier molecular flexibility index (Phi) is 5.16. The van der Waals surface area contributed by atoms with Crippen molar-refractivity contribution in [2.75, 3.05) is 6.54 Å². The van der Waals surface area contributed by atoms with Gasteiger partial charge in [-0.25, -0.2) is 0 Å². The number of nitrogens with zero attached hydrogens (tertiary/aromatic N) is 2. The Morgan fingerprint density at radius 2 is 2.16 bits per heavy atom. The van der Waals surface area contributed by atoms with E-state index in [9.17, 15) is 0 Å². The molecule has 2 aromatic rings. The molecule has 0 saturated carbocycles. The number of aryl methyl sites for hydroxylation is 1. The van der Waals surface area contributed by atoms with Crippen molar-refractivity contribution in [3.63, 3.8) is 0 Å². The first-order chi connectivity index (χ1) is 9.17. The fourth-order valence-electron chi connectivity index (χ4n) is 2.28. The number of nitrogens with one attached hydrogen (secondary N) is 1. The smallest absolute Gasteiger partial charge is 0.0640 e. The van der Waals surface area contributed by atoms with E-state index in [-0.39, 0.29) is 0 Å². The zero-order chi connectivity index (χ0) is 13.7. The molecular formula is C15H20BrN3. The standard InChI is InChI=1S/C15H20BrN3/c1-3-17-15(11-14-7-8-19(2)18-14)10-12-5-4-6-13(16)9-12/h4-9,15,17H,3,10-11H2,1-2H3. The second-order valence-electron chi connectivity index (χ2n) is 4.77. The van der Waals surface area contributed by atoms with Crippen LogP contribution in [-0.4, -0.2) is 22.4 Å². The summed E-state index contributed by atoms with van der Waals surface area (Å²) in [6, 6.07) is 11.0. The molecule has 0 fully saturated rings. The molecule has 3 nitrogen and oxygen atoms in total. The molecule has 102 valence electrons. The summed E-state index contributed by atoms with van der Waals surface area (Å²) in [6.07, 6.45) is 3.97. The number of halogens is 1. The minimum Gasteiger partial charge on any atom is -0.314 e. The van der Waals surface area contributed by atoms with Gasteiger partial charge < -0.3 is 5.32 Å². The van der Waals surface area contributed by atoms with Crippen molar-refractivity contribution in [2.45, 2.75) is 25.8 Å². The van der Waals surface area contributed by atoms with Crippen LogP contribution in [0.2, 0.25) is 0 Å². The monoisotopic (exact) mass is 321 g/mol. The fourth-order valence-corrected chi connectivity index (χ4v) is 2.72. The molecule has 0 bridgehead atoms. The van der Waals surface area contributed by atoms with Crippen LogP contribution >= 0.6 is 15.9 Å². The first-order valence-corrected chi connectivity index (χ1v) is 7.43. The SMILES string of the molecule is CCNC(Cc1cccc(Br)c1)Cc1ccn(C)n1. The lowest BCUT2D eigenvalue weighted by atomic mass is 10.0. The summed E-state index contributed by atoms with van der Waals surface area (Å²) in [4.78, 5) is 0. The predicted molar refractivity (Wildman–Crippen MR) is 82.2 cm³/mol. The topological polar surface area (TPSA) is 29.9 Å². The van der Waals surface area contributed by atoms with E-state index >= 15 is 0 Å². The molecule has 0 aliphatic rings. The largest absolute Gasteiger partial charge is 0.314 e. The summed E-state index contributed by atoms with van der Waals surface area (Å²) in [6.45, 7) is 3.12. The van der Waals surface area contributed by atoms with Crippen molar-refractivity contribution in [3.8, 4) is 0 Å². The number of hydrogen-bond donors (Lipinski definition) is 1. The van der Waals surface area contributed by atoms with Gasteiger partial charge in [0.2, 0.25) is 0 Å². The number of likely N-dealkylation sites (N-methyl/N-ethyl adjacent to an activating group) is 1. The summed E-state index contributed by atoms with van der Waals surface area (Å²) in [5.41, 5.74) is 2.49. The molecule has 1 N–H and O–H groups in total. The molecule has 19 heavy (non-hydrogen) atoms. The molecule has 1 aromatic heterocycles. The summed E-state index contributed by atoms with van der Waals surface area (Å²) in [5, 5.41) is 8.00. The van der Waals surface area contributed by atoms with Crippen LogP contribution < -0.4 is 5.32 Å². The maximum absolute atomic E-state index is 4.46. The fraction of sp³-hybridized carbons (Fsp3) is 0.400. The third kappa shape index (κ3) is 4.48. The van der Waals surface area contributed by atoms with Gasteiger partial charge >= 0.3 is 0 Å². The van der Waals surface area contributed by atoms with E-state index in [0.29, 0.717) is 6.04 Å². The third-order valence-electron chi connectivity index (χ3n) is 3.09. The number of benzene rings is 1. The van der Waals surface area contributed by atoms with E-state index in [2.05, 4.69) is 63.6 Å². The highest BCUT2D eigenvalue weighted by Crippen LogP contribution is 2.14. The Morgan fingerprint density at radius 1 is 1.32 bits per heavy atom. The number of rotatable bonds is 6. The molecule has 1 unspecified atom stereocenters. The lowest BCUT2D eigenvalue weighted by Gasteiger charge is -2.17. The normalized spacial score (nSPS) is 12.6. The van der Waals surface area contributed by atoms with Crippen molar-refractivity contribution in [2.24, 2.45) is 7.05 Å². The minimum absolute atomic E-state index is 0.425. The molecule has 0 radical (unpaired) electrons. The second kappa shape index (κ2) is 6.87. The van der Waals surface area contributed by atoms with E-state index in [0.717, 1.165) is 29.6 Å². The summed E-state index contributed by atoms with van der Waals surface area (Å²) < 4.78 is 3.00. The highest BCUT2D eigenvalue weighted by atomic mass is 79.9. The second-order valence-corrected chi connectivity index (χ2v) is 5.69. The summed E-state index contributed by atoms with van der Waals surface area (Å²) >= 11 is 3.53. The van der Waals surface area contributed by atoms with Gasteiger partial charge in [-0.05, 0) is 36.7 Å². The van der Waals surface area contributed by atoms with Gasteiger partial charge in [-0.15, -0.1) is 0 Å². The Balaban J connectivity index is 2.03. The van der Waals surface area contributed by atoms with E-state index in [1.807, 2.05) is 17.9 Å². The van der Waals surface area contributed by atoms with Crippen LogP contribution in [0.4, 0.5) is 0 Å². The van der Waals surface area contributed by atoms with Gasteiger partial charge in [0.1, 0.15) is 0 Å². The van der Waals surface area contributed by atoms with Gasteiger partial charge in [-0.1, -0.05) is 35.0 Å². The van der Waals surface area contributed by atoms with Gasteiger partial charge in [-0.3, -0.25) is 4.68 Å². The quantitative estimate of drug-likeness (QED) is 0.886. The van der Waals surface area contributed by atoms with E-state index < -0.39 is 0 Å². The number of hydrogen-bond acceptors (Lipinski definition) is 2. The molecule has 0 saturated heterocycles. The van der Waals surface area contributed by atoms with Crippen LogP contribution in [0.1, 0.15) is 18.2 Å². The zero-order valence-corrected chi connectivity index (χ0v) is 13.0. The van der Waals surface area contributed by atoms with Crippen LogP contribution in [0, 0.1) is 0 Å². The zero-order valence-electron chi connectivity index (χ0n) is 11.4. The molecule has 0 amide bonds. The Labute approximate surface area is 123 Å². The maximum atomic E-state index is 4.46. The molecule has 0 aliphatic heterocycles. The third-order valence-corrected chi connectivity index (χ3v) is 3.58. The molecule has 4 heteroatoms. The van der Waals surface area contributed by atoms with Crippen molar-refractivity contribution >= 4 is 15.9 Å². The Bertz CT molecular complexity index is 522. The first kappa shape index (κ1) is 14.3. The van der Waals surface area contributed by atoms with Crippen LogP contribution in [0.25, 0.3) is 0 Å². The summed E-state index contributed by atoms with van der Waals surface area (Å²) in [5.74, 6) is 0. The van der Waals surface area contributed by atoms with Crippen molar-refractivity contribution in [1.82, 2.24) is 15.1 Å². The average molecular weight is 322 g/mol. The van der Waals surface area contributed by atoms with Crippen LogP contribution in [0.3, 0.4) is 0 Å². The van der Waals surface area contributed by atoms with Gasteiger partial charge in [0, 0.05) is 30.2 Å². The lowest BCUT2D eigenvalue weighted by Crippen LogP contribution is -2.33. The van der Waals surface area contributed by atoms with E-state index in [1.54, 1.807) is 0 Å². The summed E-state index contributed by atoms with van der Waals surface area (Å²) in [7, 11) is 1.96. The van der Waals surface area contributed by atoms with Gasteiger partial charge in [-0.2, -0.15) is 5.10 Å². The minimum atomic E-state index is 0.425. The molecule has 0 aliphatic carbocycles. The molecule has 1 atom stereocenters. The van der Waals surface area contributed by atoms with Gasteiger partial charge in [0.15, 0.2) is 0 Å².